The van der Waals surface area contributed by atoms with Gasteiger partial charge in [0.1, 0.15) is 5.01 Å². The zero-order valence-corrected chi connectivity index (χ0v) is 23.7. The van der Waals surface area contributed by atoms with Crippen LogP contribution < -0.4 is 10.2 Å². The number of carbonyl (C=O) groups excluding carboxylic acids is 3. The summed E-state index contributed by atoms with van der Waals surface area (Å²) < 4.78 is 5.83. The first-order valence-electron chi connectivity index (χ1n) is 14.0. The molecule has 8 nitrogen and oxygen atoms in total. The van der Waals surface area contributed by atoms with Gasteiger partial charge in [0.25, 0.3) is 11.8 Å². The number of carbonyl (C=O) groups is 3. The van der Waals surface area contributed by atoms with E-state index in [1.807, 2.05) is 61.7 Å². The highest BCUT2D eigenvalue weighted by atomic mass is 32.1. The molecule has 208 valence electrons. The van der Waals surface area contributed by atoms with Crippen LogP contribution in [0.3, 0.4) is 0 Å². The quantitative estimate of drug-likeness (QED) is 0.433. The van der Waals surface area contributed by atoms with Gasteiger partial charge in [-0.05, 0) is 51.7 Å². The zero-order chi connectivity index (χ0) is 27.9. The number of thiazole rings is 1. The first kappa shape index (κ1) is 26.7. The Kier molecular flexibility index (Phi) is 7.18. The van der Waals surface area contributed by atoms with Crippen molar-refractivity contribution < 1.29 is 19.1 Å². The maximum Gasteiger partial charge on any atom is 0.263 e. The van der Waals surface area contributed by atoms with E-state index in [2.05, 4.69) is 15.2 Å². The fourth-order valence-electron chi connectivity index (χ4n) is 6.15. The van der Waals surface area contributed by atoms with Crippen LogP contribution in [0, 0.1) is 5.92 Å². The Balaban J connectivity index is 1.14. The molecule has 2 saturated heterocycles. The van der Waals surface area contributed by atoms with Gasteiger partial charge in [-0.25, -0.2) is 4.98 Å². The van der Waals surface area contributed by atoms with Gasteiger partial charge >= 0.3 is 0 Å². The summed E-state index contributed by atoms with van der Waals surface area (Å²) in [5, 5.41) is 5.95. The number of hydrogen-bond donors (Lipinski definition) is 1. The van der Waals surface area contributed by atoms with E-state index in [1.54, 1.807) is 6.07 Å². The summed E-state index contributed by atoms with van der Waals surface area (Å²) in [6.07, 6.45) is 2.87. The molecule has 2 aromatic carbocycles. The van der Waals surface area contributed by atoms with Gasteiger partial charge in [-0.2, -0.15) is 0 Å². The van der Waals surface area contributed by atoms with Crippen molar-refractivity contribution in [2.75, 3.05) is 24.6 Å². The molecule has 2 fully saturated rings. The van der Waals surface area contributed by atoms with Crippen molar-refractivity contribution in [1.82, 2.24) is 15.2 Å². The molecular formula is C31H34N4O4S. The molecule has 3 aliphatic heterocycles. The Morgan fingerprint density at radius 2 is 1.93 bits per heavy atom. The molecule has 9 heteroatoms. The predicted molar refractivity (Wildman–Crippen MR) is 154 cm³/mol. The predicted octanol–water partition coefficient (Wildman–Crippen LogP) is 4.90. The van der Waals surface area contributed by atoms with E-state index in [0.717, 1.165) is 41.3 Å². The number of nitrogens with one attached hydrogen (secondary N) is 1. The van der Waals surface area contributed by atoms with Crippen molar-refractivity contribution in [3.63, 3.8) is 0 Å². The molecule has 1 N–H and O–H groups in total. The fraction of sp³-hybridized carbons (Fsp3) is 0.419. The van der Waals surface area contributed by atoms with E-state index >= 15 is 0 Å². The molecule has 0 saturated carbocycles. The van der Waals surface area contributed by atoms with E-state index in [9.17, 15) is 14.4 Å². The van der Waals surface area contributed by atoms with Crippen LogP contribution in [0.25, 0.3) is 11.3 Å². The number of anilines is 1. The standard InChI is InChI=1S/C31H34N4O4S/c1-31(2)16-22(13-15-39-31)35-29(37)23-11-6-12-25(27(23)30(35)38)34-14-7-10-21(18-34)28(36)32-17-26-33-24(19-40-26)20-8-4-3-5-9-20/h3-6,8-9,11-12,19,21-22H,7,10,13-18H2,1-2H3,(H,32,36)/t21-,22+/m1/s1. The minimum absolute atomic E-state index is 0.0118. The Morgan fingerprint density at radius 3 is 2.73 bits per heavy atom. The average molecular weight is 559 g/mol. The number of rotatable bonds is 6. The van der Waals surface area contributed by atoms with E-state index in [-0.39, 0.29) is 35.3 Å². The molecule has 1 aromatic heterocycles. The lowest BCUT2D eigenvalue weighted by Crippen LogP contribution is -2.48. The van der Waals surface area contributed by atoms with Gasteiger partial charge < -0.3 is 15.0 Å². The number of imide groups is 1. The minimum Gasteiger partial charge on any atom is -0.375 e. The first-order valence-corrected chi connectivity index (χ1v) is 14.9. The van der Waals surface area contributed by atoms with Crippen molar-refractivity contribution in [2.45, 2.75) is 57.7 Å². The van der Waals surface area contributed by atoms with E-state index < -0.39 is 0 Å². The summed E-state index contributed by atoms with van der Waals surface area (Å²) in [7, 11) is 0. The van der Waals surface area contributed by atoms with Crippen molar-refractivity contribution in [3.8, 4) is 11.3 Å². The molecule has 0 radical (unpaired) electrons. The molecule has 3 aromatic rings. The molecule has 4 heterocycles. The lowest BCUT2D eigenvalue weighted by atomic mass is 9.93. The normalized spacial score (nSPS) is 22.4. The summed E-state index contributed by atoms with van der Waals surface area (Å²) >= 11 is 1.54. The lowest BCUT2D eigenvalue weighted by Gasteiger charge is -2.39. The van der Waals surface area contributed by atoms with Gasteiger partial charge in [-0.3, -0.25) is 19.3 Å². The fourth-order valence-corrected chi connectivity index (χ4v) is 6.89. The van der Waals surface area contributed by atoms with Gasteiger partial charge in [0.2, 0.25) is 5.91 Å². The maximum atomic E-state index is 13.7. The zero-order valence-electron chi connectivity index (χ0n) is 22.9. The van der Waals surface area contributed by atoms with Gasteiger partial charge in [-0.1, -0.05) is 36.4 Å². The van der Waals surface area contributed by atoms with Crippen LogP contribution in [0.5, 0.6) is 0 Å². The lowest BCUT2D eigenvalue weighted by molar-refractivity contribution is -0.125. The monoisotopic (exact) mass is 558 g/mol. The van der Waals surface area contributed by atoms with Gasteiger partial charge in [0.05, 0.1) is 40.6 Å². The van der Waals surface area contributed by atoms with Crippen LogP contribution in [0.1, 0.15) is 65.3 Å². The van der Waals surface area contributed by atoms with Crippen molar-refractivity contribution in [2.24, 2.45) is 5.92 Å². The number of aromatic nitrogens is 1. The highest BCUT2D eigenvalue weighted by molar-refractivity contribution is 7.09. The summed E-state index contributed by atoms with van der Waals surface area (Å²) in [6.45, 7) is 6.14. The topological polar surface area (TPSA) is 91.8 Å². The molecule has 40 heavy (non-hydrogen) atoms. The SMILES string of the molecule is CC1(C)C[C@@H](N2C(=O)c3cccc(N4CCC[C@@H](C(=O)NCc5nc(-c6ccccc6)cs5)C4)c3C2=O)CCO1. The number of amides is 3. The number of nitrogens with zero attached hydrogens (tertiary/aromatic N) is 3. The van der Waals surface area contributed by atoms with E-state index in [4.69, 9.17) is 4.74 Å². The second-order valence-corrected chi connectivity index (χ2v) is 12.4. The maximum absolute atomic E-state index is 13.7. The summed E-state index contributed by atoms with van der Waals surface area (Å²) in [5.74, 6) is -0.683. The molecule has 0 unspecified atom stereocenters. The third-order valence-electron chi connectivity index (χ3n) is 8.13. The molecule has 0 aliphatic carbocycles. The molecular weight excluding hydrogens is 524 g/mol. The summed E-state index contributed by atoms with van der Waals surface area (Å²) in [6, 6.07) is 15.3. The van der Waals surface area contributed by atoms with Crippen molar-refractivity contribution >= 4 is 34.7 Å². The van der Waals surface area contributed by atoms with Crippen molar-refractivity contribution in [1.29, 1.82) is 0 Å². The molecule has 3 amide bonds. The number of ether oxygens (including phenoxy) is 1. The minimum atomic E-state index is -0.379. The highest BCUT2D eigenvalue weighted by Gasteiger charge is 2.45. The van der Waals surface area contributed by atoms with Crippen LogP contribution >= 0.6 is 11.3 Å². The Morgan fingerprint density at radius 1 is 1.10 bits per heavy atom. The van der Waals surface area contributed by atoms with Crippen LogP contribution in [0.2, 0.25) is 0 Å². The van der Waals surface area contributed by atoms with Crippen LogP contribution in [0.4, 0.5) is 5.69 Å². The average Bonchev–Trinajstić information content (AvgIpc) is 3.54. The molecule has 0 spiro atoms. The third kappa shape index (κ3) is 5.15. The van der Waals surface area contributed by atoms with Crippen LogP contribution in [-0.4, -0.2) is 58.9 Å². The van der Waals surface area contributed by atoms with Gasteiger partial charge in [-0.15, -0.1) is 11.3 Å². The Bertz CT molecular complexity index is 1440. The molecule has 3 aliphatic rings. The highest BCUT2D eigenvalue weighted by Crippen LogP contribution is 2.38. The van der Waals surface area contributed by atoms with E-state index in [0.29, 0.717) is 43.7 Å². The number of hydrogen-bond acceptors (Lipinski definition) is 7. The van der Waals surface area contributed by atoms with Crippen LogP contribution in [-0.2, 0) is 16.1 Å². The van der Waals surface area contributed by atoms with Crippen LogP contribution in [0.15, 0.2) is 53.9 Å². The molecule has 2 atom stereocenters. The van der Waals surface area contributed by atoms with Gasteiger partial charge in [0.15, 0.2) is 0 Å². The second-order valence-electron chi connectivity index (χ2n) is 11.4. The number of piperidine rings is 1. The number of fused-ring (bicyclic) bond motifs is 1. The largest absolute Gasteiger partial charge is 0.375 e. The summed E-state index contributed by atoms with van der Waals surface area (Å²) in [4.78, 5) is 48.6. The molecule has 6 rings (SSSR count). The molecule has 0 bridgehead atoms. The van der Waals surface area contributed by atoms with Crippen molar-refractivity contribution in [3.05, 3.63) is 70.0 Å². The number of benzene rings is 2. The van der Waals surface area contributed by atoms with E-state index in [1.165, 1.54) is 16.2 Å². The second kappa shape index (κ2) is 10.8. The van der Waals surface area contributed by atoms with Gasteiger partial charge in [0, 0.05) is 36.7 Å². The third-order valence-corrected chi connectivity index (χ3v) is 8.98. The first-order chi connectivity index (χ1) is 19.3. The Labute approximate surface area is 238 Å². The Hall–Kier alpha value is -3.56. The summed E-state index contributed by atoms with van der Waals surface area (Å²) in [5.41, 5.74) is 3.26. The smallest absolute Gasteiger partial charge is 0.263 e.